The van der Waals surface area contributed by atoms with E-state index in [0.717, 1.165) is 32.9 Å². The Labute approximate surface area is 203 Å². The maximum absolute atomic E-state index is 12.9. The number of aromatic hydroxyl groups is 1. The van der Waals surface area contributed by atoms with Gasteiger partial charge in [0.25, 0.3) is 11.8 Å². The summed E-state index contributed by atoms with van der Waals surface area (Å²) in [6, 6.07) is 17.4. The molecular weight excluding hydrogens is 498 g/mol. The van der Waals surface area contributed by atoms with Crippen LogP contribution in [0.5, 0.6) is 5.75 Å². The number of halogens is 1. The third kappa shape index (κ3) is 4.40. The minimum absolute atomic E-state index is 0.0813. The van der Waals surface area contributed by atoms with Crippen molar-refractivity contribution in [3.63, 3.8) is 0 Å². The summed E-state index contributed by atoms with van der Waals surface area (Å²) in [6.07, 6.45) is 3.88. The summed E-state index contributed by atoms with van der Waals surface area (Å²) in [4.78, 5) is 28.7. The fraction of sp³-hybridized carbons (Fsp3) is 0.0769. The third-order valence-corrected chi connectivity index (χ3v) is 5.96. The van der Waals surface area contributed by atoms with E-state index in [4.69, 9.17) is 4.42 Å². The highest BCUT2D eigenvalue weighted by Crippen LogP contribution is 2.27. The zero-order valence-corrected chi connectivity index (χ0v) is 19.5. The number of aromatic nitrogens is 1. The molecule has 0 saturated carbocycles. The number of carbonyl (C=O) groups excluding carboxylic acids is 2. The van der Waals surface area contributed by atoms with Gasteiger partial charge >= 0.3 is 0 Å². The first kappa shape index (κ1) is 21.8. The maximum atomic E-state index is 12.9. The Hall–Kier alpha value is -4.04. The van der Waals surface area contributed by atoms with Crippen molar-refractivity contribution in [1.82, 2.24) is 4.98 Å². The summed E-state index contributed by atoms with van der Waals surface area (Å²) in [5.41, 5.74) is 5.55. The fourth-order valence-electron chi connectivity index (χ4n) is 3.87. The normalized spacial score (nSPS) is 11.1. The Kier molecular flexibility index (Phi) is 5.81. The van der Waals surface area contributed by atoms with Crippen LogP contribution in [0.3, 0.4) is 0 Å². The molecule has 2 heterocycles. The van der Waals surface area contributed by atoms with Gasteiger partial charge in [-0.05, 0) is 66.1 Å². The van der Waals surface area contributed by atoms with E-state index >= 15 is 0 Å². The van der Waals surface area contributed by atoms with E-state index in [0.29, 0.717) is 29.1 Å². The van der Waals surface area contributed by atoms with E-state index in [1.54, 1.807) is 42.9 Å². The number of benzene rings is 2. The van der Waals surface area contributed by atoms with Crippen molar-refractivity contribution in [1.29, 1.82) is 0 Å². The average molecular weight is 518 g/mol. The number of rotatable bonds is 6. The molecule has 2 aliphatic rings. The van der Waals surface area contributed by atoms with Gasteiger partial charge in [-0.3, -0.25) is 9.59 Å². The summed E-state index contributed by atoms with van der Waals surface area (Å²) in [5, 5.41) is 17.1. The van der Waals surface area contributed by atoms with Gasteiger partial charge in [-0.2, -0.15) is 0 Å². The highest BCUT2D eigenvalue weighted by Gasteiger charge is 2.15. The number of hydrogen-bond donors (Lipinski definition) is 4. The Balaban J connectivity index is 1.35. The van der Waals surface area contributed by atoms with Gasteiger partial charge in [0.1, 0.15) is 11.4 Å². The number of aromatic amines is 1. The van der Waals surface area contributed by atoms with E-state index in [9.17, 15) is 14.7 Å². The Bertz CT molecular complexity index is 1460. The topological polar surface area (TPSA) is 107 Å². The predicted molar refractivity (Wildman–Crippen MR) is 135 cm³/mol. The molecule has 0 saturated heterocycles. The van der Waals surface area contributed by atoms with Gasteiger partial charge in [0.2, 0.25) is 0 Å². The second-order valence-electron chi connectivity index (χ2n) is 7.89. The molecule has 0 spiro atoms. The standard InChI is InChI=1S/C26H20BrN3O4/c27-7-5-15-1-3-21(31)13-23(15)30-26(33)24-12-17-11-20(2-4-22(17)29-24)28-25(32)18-9-16-6-8-34-14-19(16)10-18/h1-4,6,8-14,29,31H,5,7H2,(H,28,32)(H,30,33). The molecule has 0 radical (unpaired) electrons. The van der Waals surface area contributed by atoms with E-state index in [2.05, 4.69) is 31.5 Å². The van der Waals surface area contributed by atoms with Gasteiger partial charge in [-0.15, -0.1) is 0 Å². The molecule has 0 unspecified atom stereocenters. The zero-order valence-electron chi connectivity index (χ0n) is 17.9. The van der Waals surface area contributed by atoms with E-state index in [1.165, 1.54) is 6.07 Å². The molecule has 1 aromatic heterocycles. The number of carbonyl (C=O) groups is 2. The first-order valence-corrected chi connectivity index (χ1v) is 11.7. The molecule has 0 bridgehead atoms. The van der Waals surface area contributed by atoms with Crippen molar-refractivity contribution in [3.05, 3.63) is 90.0 Å². The fourth-order valence-corrected chi connectivity index (χ4v) is 4.30. The molecule has 170 valence electrons. The Morgan fingerprint density at radius 1 is 0.941 bits per heavy atom. The van der Waals surface area contributed by atoms with Crippen molar-refractivity contribution < 1.29 is 19.1 Å². The third-order valence-electron chi connectivity index (χ3n) is 5.57. The molecule has 34 heavy (non-hydrogen) atoms. The quantitative estimate of drug-likeness (QED) is 0.207. The van der Waals surface area contributed by atoms with E-state index in [-0.39, 0.29) is 17.6 Å². The second kappa shape index (κ2) is 9.07. The minimum atomic E-state index is -0.322. The number of alkyl halides is 1. The Morgan fingerprint density at radius 3 is 2.62 bits per heavy atom. The SMILES string of the molecule is O=C(Nc1ccc2[nH]c(C(=O)Nc3cc(O)ccc3CCBr)cc2c1)c1cc2ccocc-2c1. The van der Waals surface area contributed by atoms with Gasteiger partial charge in [-0.25, -0.2) is 0 Å². The summed E-state index contributed by atoms with van der Waals surface area (Å²) >= 11 is 3.41. The van der Waals surface area contributed by atoms with Crippen LogP contribution in [0, 0.1) is 0 Å². The number of hydrogen-bond acceptors (Lipinski definition) is 4. The second-order valence-corrected chi connectivity index (χ2v) is 8.68. The number of anilines is 2. The molecule has 3 aromatic rings. The van der Waals surface area contributed by atoms with Gasteiger partial charge < -0.3 is 25.1 Å². The van der Waals surface area contributed by atoms with Crippen LogP contribution in [0.15, 0.2) is 77.6 Å². The molecule has 0 fully saturated rings. The number of phenolic OH excluding ortho intramolecular Hbond substituents is 1. The summed E-state index contributed by atoms with van der Waals surface area (Å²) < 4.78 is 5.15. The van der Waals surface area contributed by atoms with Crippen LogP contribution in [0.2, 0.25) is 0 Å². The first-order chi connectivity index (χ1) is 16.5. The lowest BCUT2D eigenvalue weighted by molar-refractivity contribution is 0.101. The van der Waals surface area contributed by atoms with Crippen LogP contribution in [0.1, 0.15) is 26.4 Å². The lowest BCUT2D eigenvalue weighted by Crippen LogP contribution is -2.13. The first-order valence-electron chi connectivity index (χ1n) is 10.6. The molecule has 2 aromatic carbocycles. The summed E-state index contributed by atoms with van der Waals surface area (Å²) in [5.74, 6) is -0.470. The van der Waals surface area contributed by atoms with Crippen LogP contribution in [-0.2, 0) is 6.42 Å². The number of H-pyrrole nitrogens is 1. The van der Waals surface area contributed by atoms with Crippen molar-refractivity contribution in [2.45, 2.75) is 6.42 Å². The van der Waals surface area contributed by atoms with Gasteiger partial charge in [0.15, 0.2) is 0 Å². The molecule has 7 nitrogen and oxygen atoms in total. The number of amides is 2. The van der Waals surface area contributed by atoms with E-state index in [1.807, 2.05) is 24.3 Å². The molecule has 2 amide bonds. The number of phenols is 1. The predicted octanol–water partition coefficient (Wildman–Crippen LogP) is 6.01. The smallest absolute Gasteiger partial charge is 0.272 e. The van der Waals surface area contributed by atoms with Crippen LogP contribution >= 0.6 is 15.9 Å². The summed E-state index contributed by atoms with van der Waals surface area (Å²) in [6.45, 7) is 0. The van der Waals surface area contributed by atoms with Crippen molar-refractivity contribution >= 4 is 50.0 Å². The van der Waals surface area contributed by atoms with Crippen molar-refractivity contribution in [2.24, 2.45) is 0 Å². The summed E-state index contributed by atoms with van der Waals surface area (Å²) in [7, 11) is 0. The molecular formula is C26H20BrN3O4. The van der Waals surface area contributed by atoms with Gasteiger partial charge in [0, 0.05) is 44.8 Å². The molecule has 4 N–H and O–H groups in total. The highest BCUT2D eigenvalue weighted by atomic mass is 79.9. The van der Waals surface area contributed by atoms with Gasteiger partial charge in [-0.1, -0.05) is 22.0 Å². The lowest BCUT2D eigenvalue weighted by atomic mass is 10.1. The van der Waals surface area contributed by atoms with Crippen LogP contribution in [0.4, 0.5) is 11.4 Å². The van der Waals surface area contributed by atoms with Crippen LogP contribution in [-0.4, -0.2) is 27.2 Å². The lowest BCUT2D eigenvalue weighted by Gasteiger charge is -2.10. The number of aryl methyl sites for hydroxylation is 1. The van der Waals surface area contributed by atoms with Crippen molar-refractivity contribution in [3.8, 4) is 16.9 Å². The largest absolute Gasteiger partial charge is 0.508 e. The monoisotopic (exact) mass is 517 g/mol. The zero-order chi connectivity index (χ0) is 23.7. The molecule has 8 heteroatoms. The van der Waals surface area contributed by atoms with Crippen LogP contribution in [0.25, 0.3) is 22.0 Å². The molecule has 5 rings (SSSR count). The number of nitrogens with one attached hydrogen (secondary N) is 3. The molecule has 1 aliphatic carbocycles. The van der Waals surface area contributed by atoms with Crippen molar-refractivity contribution in [2.75, 3.05) is 16.0 Å². The Morgan fingerprint density at radius 2 is 1.79 bits per heavy atom. The van der Waals surface area contributed by atoms with Gasteiger partial charge in [0.05, 0.1) is 12.5 Å². The van der Waals surface area contributed by atoms with Crippen LogP contribution < -0.4 is 10.6 Å². The maximum Gasteiger partial charge on any atom is 0.272 e. The van der Waals surface area contributed by atoms with E-state index < -0.39 is 0 Å². The minimum Gasteiger partial charge on any atom is -0.508 e. The molecule has 1 aliphatic heterocycles. The molecule has 0 atom stereocenters. The number of fused-ring (bicyclic) bond motifs is 2. The average Bonchev–Trinajstić information content (AvgIpc) is 3.45. The highest BCUT2D eigenvalue weighted by molar-refractivity contribution is 9.09.